The van der Waals surface area contributed by atoms with Gasteiger partial charge in [0.15, 0.2) is 5.82 Å². The summed E-state index contributed by atoms with van der Waals surface area (Å²) < 4.78 is 32.9. The molecule has 8 heteroatoms. The van der Waals surface area contributed by atoms with Crippen LogP contribution in [0.4, 0.5) is 11.6 Å². The van der Waals surface area contributed by atoms with Gasteiger partial charge < -0.3 is 10.1 Å². The average molecular weight is 398 g/mol. The lowest BCUT2D eigenvalue weighted by molar-refractivity contribution is 0.402. The van der Waals surface area contributed by atoms with Crippen molar-refractivity contribution in [2.45, 2.75) is 18.2 Å². The Kier molecular flexibility index (Phi) is 6.10. The molecule has 0 aliphatic heterocycles. The van der Waals surface area contributed by atoms with Crippen LogP contribution in [0, 0.1) is 6.92 Å². The summed E-state index contributed by atoms with van der Waals surface area (Å²) in [5, 5.41) is 11.1. The predicted molar refractivity (Wildman–Crippen MR) is 109 cm³/mol. The molecule has 2 N–H and O–H groups in total. The summed E-state index contributed by atoms with van der Waals surface area (Å²) in [6.45, 7) is 2.51. The van der Waals surface area contributed by atoms with Gasteiger partial charge in [0.05, 0.1) is 7.11 Å². The summed E-state index contributed by atoms with van der Waals surface area (Å²) in [5.74, 6) is 0.981. The summed E-state index contributed by atoms with van der Waals surface area (Å²) in [5.41, 5.74) is 2.03. The molecule has 28 heavy (non-hydrogen) atoms. The Morgan fingerprint density at radius 1 is 0.964 bits per heavy atom. The molecule has 0 saturated heterocycles. The Morgan fingerprint density at radius 2 is 1.68 bits per heavy atom. The molecule has 0 saturated carbocycles. The Labute approximate surface area is 164 Å². The predicted octanol–water partition coefficient (Wildman–Crippen LogP) is 3.25. The number of hydrogen-bond acceptors (Lipinski definition) is 6. The molecule has 0 bridgehead atoms. The van der Waals surface area contributed by atoms with Crippen LogP contribution in [0.2, 0.25) is 0 Å². The van der Waals surface area contributed by atoms with E-state index in [1.54, 1.807) is 30.3 Å². The minimum absolute atomic E-state index is 0.0573. The first kappa shape index (κ1) is 19.6. The van der Waals surface area contributed by atoms with E-state index in [4.69, 9.17) is 4.74 Å². The van der Waals surface area contributed by atoms with Crippen LogP contribution < -0.4 is 14.8 Å². The topological polar surface area (TPSA) is 93.2 Å². The number of benzene rings is 2. The van der Waals surface area contributed by atoms with Crippen molar-refractivity contribution in [1.82, 2.24) is 10.2 Å². The van der Waals surface area contributed by atoms with Crippen LogP contribution in [0.25, 0.3) is 0 Å². The van der Waals surface area contributed by atoms with Crippen LogP contribution >= 0.6 is 0 Å². The minimum Gasteiger partial charge on any atom is -0.495 e. The van der Waals surface area contributed by atoms with Crippen LogP contribution in [-0.4, -0.2) is 32.3 Å². The van der Waals surface area contributed by atoms with Gasteiger partial charge in [-0.2, -0.15) is 0 Å². The third-order valence-electron chi connectivity index (χ3n) is 4.07. The first-order valence-corrected chi connectivity index (χ1v) is 10.3. The highest BCUT2D eigenvalue weighted by atomic mass is 32.2. The Bertz CT molecular complexity index is 1020. The SMILES string of the molecule is COc1ccc(C)cc1S(=O)(=O)Nc1ccc(NCCc2ccccc2)nn1. The molecule has 0 aliphatic carbocycles. The molecule has 0 spiro atoms. The lowest BCUT2D eigenvalue weighted by Crippen LogP contribution is -2.16. The molecule has 0 aliphatic rings. The zero-order chi connectivity index (χ0) is 20.0. The van der Waals surface area contributed by atoms with Crippen molar-refractivity contribution in [3.8, 4) is 5.75 Å². The molecule has 1 aromatic heterocycles. The van der Waals surface area contributed by atoms with E-state index in [1.165, 1.54) is 12.7 Å². The van der Waals surface area contributed by atoms with Gasteiger partial charge in [0.25, 0.3) is 10.0 Å². The number of anilines is 2. The average Bonchev–Trinajstić information content (AvgIpc) is 2.70. The Hall–Kier alpha value is -3.13. The molecule has 0 amide bonds. The number of hydrogen-bond donors (Lipinski definition) is 2. The van der Waals surface area contributed by atoms with Crippen molar-refractivity contribution in [3.63, 3.8) is 0 Å². The van der Waals surface area contributed by atoms with E-state index < -0.39 is 10.0 Å². The van der Waals surface area contributed by atoms with Gasteiger partial charge in [-0.25, -0.2) is 8.42 Å². The van der Waals surface area contributed by atoms with Crippen molar-refractivity contribution in [3.05, 3.63) is 71.8 Å². The van der Waals surface area contributed by atoms with E-state index in [2.05, 4.69) is 32.4 Å². The third-order valence-corrected chi connectivity index (χ3v) is 5.45. The zero-order valence-electron chi connectivity index (χ0n) is 15.7. The number of ether oxygens (including phenoxy) is 1. The third kappa shape index (κ3) is 4.98. The van der Waals surface area contributed by atoms with Crippen LogP contribution in [0.1, 0.15) is 11.1 Å². The first-order valence-electron chi connectivity index (χ1n) is 8.77. The second kappa shape index (κ2) is 8.71. The minimum atomic E-state index is -3.84. The number of sulfonamides is 1. The van der Waals surface area contributed by atoms with E-state index in [0.29, 0.717) is 12.4 Å². The zero-order valence-corrected chi connectivity index (χ0v) is 16.5. The highest BCUT2D eigenvalue weighted by Gasteiger charge is 2.20. The maximum absolute atomic E-state index is 12.7. The molecule has 0 unspecified atom stereocenters. The summed E-state index contributed by atoms with van der Waals surface area (Å²) in [6.07, 6.45) is 0.851. The largest absolute Gasteiger partial charge is 0.495 e. The van der Waals surface area contributed by atoms with Crippen molar-refractivity contribution in [2.75, 3.05) is 23.7 Å². The first-order chi connectivity index (χ1) is 13.5. The monoisotopic (exact) mass is 398 g/mol. The fraction of sp³-hybridized carbons (Fsp3) is 0.200. The van der Waals surface area contributed by atoms with E-state index in [9.17, 15) is 8.42 Å². The number of methoxy groups -OCH3 is 1. The van der Waals surface area contributed by atoms with Crippen LogP contribution in [0.5, 0.6) is 5.75 Å². The molecule has 2 aromatic carbocycles. The number of aromatic nitrogens is 2. The molecule has 0 fully saturated rings. The highest BCUT2D eigenvalue weighted by Crippen LogP contribution is 2.26. The molecule has 1 heterocycles. The van der Waals surface area contributed by atoms with Gasteiger partial charge in [-0.15, -0.1) is 10.2 Å². The molecular weight excluding hydrogens is 376 g/mol. The van der Waals surface area contributed by atoms with Gasteiger partial charge in [0.2, 0.25) is 0 Å². The number of aryl methyl sites for hydroxylation is 1. The Morgan fingerprint density at radius 3 is 2.36 bits per heavy atom. The molecule has 0 atom stereocenters. The van der Waals surface area contributed by atoms with E-state index in [0.717, 1.165) is 12.0 Å². The van der Waals surface area contributed by atoms with Gasteiger partial charge in [-0.3, -0.25) is 4.72 Å². The molecule has 3 aromatic rings. The second-order valence-electron chi connectivity index (χ2n) is 6.23. The molecular formula is C20H22N4O3S. The normalized spacial score (nSPS) is 11.1. The molecule has 7 nitrogen and oxygen atoms in total. The maximum atomic E-state index is 12.7. The summed E-state index contributed by atoms with van der Waals surface area (Å²) in [7, 11) is -2.41. The number of rotatable bonds is 8. The van der Waals surface area contributed by atoms with Gasteiger partial charge >= 0.3 is 0 Å². The van der Waals surface area contributed by atoms with E-state index in [1.807, 2.05) is 25.1 Å². The van der Waals surface area contributed by atoms with Crippen LogP contribution in [-0.2, 0) is 16.4 Å². The lowest BCUT2D eigenvalue weighted by Gasteiger charge is -2.12. The lowest BCUT2D eigenvalue weighted by atomic mass is 10.1. The fourth-order valence-corrected chi connectivity index (χ4v) is 3.90. The van der Waals surface area contributed by atoms with Gasteiger partial charge in [-0.1, -0.05) is 36.4 Å². The van der Waals surface area contributed by atoms with Crippen LogP contribution in [0.15, 0.2) is 65.6 Å². The summed E-state index contributed by atoms with van der Waals surface area (Å²) in [4.78, 5) is 0.0573. The second-order valence-corrected chi connectivity index (χ2v) is 7.88. The fourth-order valence-electron chi connectivity index (χ4n) is 2.65. The molecule has 3 rings (SSSR count). The van der Waals surface area contributed by atoms with Crippen LogP contribution in [0.3, 0.4) is 0 Å². The smallest absolute Gasteiger partial charge is 0.266 e. The maximum Gasteiger partial charge on any atom is 0.266 e. The highest BCUT2D eigenvalue weighted by molar-refractivity contribution is 7.92. The van der Waals surface area contributed by atoms with E-state index in [-0.39, 0.29) is 16.5 Å². The molecule has 146 valence electrons. The van der Waals surface area contributed by atoms with Crippen molar-refractivity contribution >= 4 is 21.7 Å². The van der Waals surface area contributed by atoms with Crippen molar-refractivity contribution < 1.29 is 13.2 Å². The van der Waals surface area contributed by atoms with Gasteiger partial charge in [-0.05, 0) is 48.7 Å². The van der Waals surface area contributed by atoms with Crippen molar-refractivity contribution in [2.24, 2.45) is 0 Å². The quantitative estimate of drug-likeness (QED) is 0.605. The van der Waals surface area contributed by atoms with Crippen molar-refractivity contribution in [1.29, 1.82) is 0 Å². The van der Waals surface area contributed by atoms with Gasteiger partial charge in [0, 0.05) is 6.54 Å². The van der Waals surface area contributed by atoms with E-state index >= 15 is 0 Å². The van der Waals surface area contributed by atoms with Gasteiger partial charge in [0.1, 0.15) is 16.5 Å². The molecule has 0 radical (unpaired) electrons. The summed E-state index contributed by atoms with van der Waals surface area (Å²) in [6, 6.07) is 18.3. The standard InChI is InChI=1S/C20H22N4O3S/c1-15-8-9-17(27-2)18(14-15)28(25,26)24-20-11-10-19(22-23-20)21-13-12-16-6-4-3-5-7-16/h3-11,14H,12-13H2,1-2H3,(H,21,22)(H,23,24). The number of nitrogens with one attached hydrogen (secondary N) is 2. The Balaban J connectivity index is 1.64. The summed E-state index contributed by atoms with van der Waals surface area (Å²) >= 11 is 0. The number of nitrogens with zero attached hydrogens (tertiary/aromatic N) is 2.